The highest BCUT2D eigenvalue weighted by Crippen LogP contribution is 2.27. The molecular formula is C16H17N3O5. The molecule has 8 heteroatoms. The van der Waals surface area contributed by atoms with Crippen molar-refractivity contribution in [3.63, 3.8) is 0 Å². The van der Waals surface area contributed by atoms with Crippen molar-refractivity contribution < 1.29 is 19.1 Å². The van der Waals surface area contributed by atoms with Crippen LogP contribution in [-0.4, -0.2) is 30.5 Å². The fraction of sp³-hybridized carbons (Fsp3) is 0.188. The molecule has 0 bridgehead atoms. The van der Waals surface area contributed by atoms with E-state index in [2.05, 4.69) is 10.3 Å². The number of carbonyl (C=O) groups is 2. The van der Waals surface area contributed by atoms with Crippen LogP contribution >= 0.6 is 0 Å². The summed E-state index contributed by atoms with van der Waals surface area (Å²) in [5.41, 5.74) is 5.88. The van der Waals surface area contributed by atoms with E-state index in [-0.39, 0.29) is 24.6 Å². The lowest BCUT2D eigenvalue weighted by atomic mass is 10.2. The Morgan fingerprint density at radius 3 is 2.62 bits per heavy atom. The molecule has 0 fully saturated rings. The summed E-state index contributed by atoms with van der Waals surface area (Å²) in [6.07, 6.45) is 1.35. The van der Waals surface area contributed by atoms with Crippen molar-refractivity contribution in [2.24, 2.45) is 5.73 Å². The first-order valence-electron chi connectivity index (χ1n) is 7.04. The van der Waals surface area contributed by atoms with Gasteiger partial charge in [0.25, 0.3) is 11.8 Å². The van der Waals surface area contributed by atoms with E-state index in [4.69, 9.17) is 15.2 Å². The van der Waals surface area contributed by atoms with Crippen LogP contribution in [-0.2, 0) is 11.3 Å². The van der Waals surface area contributed by atoms with Gasteiger partial charge in [-0.3, -0.25) is 14.4 Å². The highest BCUT2D eigenvalue weighted by atomic mass is 16.5. The molecule has 4 N–H and O–H groups in total. The number of pyridine rings is 1. The molecule has 1 heterocycles. The maximum atomic E-state index is 12.0. The number of nitrogens with one attached hydrogen (secondary N) is 2. The van der Waals surface area contributed by atoms with Gasteiger partial charge in [0.15, 0.2) is 18.1 Å². The van der Waals surface area contributed by atoms with Crippen LogP contribution in [0.15, 0.2) is 41.3 Å². The third kappa shape index (κ3) is 4.60. The first kappa shape index (κ1) is 17.1. The Bertz CT molecular complexity index is 780. The Morgan fingerprint density at radius 1 is 1.21 bits per heavy atom. The smallest absolute Gasteiger partial charge is 0.255 e. The topological polar surface area (TPSA) is 124 Å². The molecule has 0 saturated carbocycles. The van der Waals surface area contributed by atoms with Crippen LogP contribution in [0.3, 0.4) is 0 Å². The number of rotatable bonds is 7. The standard InChI is InChI=1S/C16H17N3O5/c1-23-13-6-10(2-4-12(13)24-9-14(17)20)7-19-16(22)11-3-5-15(21)18-8-11/h2-6,8H,7,9H2,1H3,(H2,17,20)(H,18,21)(H,19,22). The van der Waals surface area contributed by atoms with E-state index >= 15 is 0 Å². The molecule has 0 aliphatic carbocycles. The van der Waals surface area contributed by atoms with Crippen molar-refractivity contribution in [1.82, 2.24) is 10.3 Å². The van der Waals surface area contributed by atoms with E-state index in [1.807, 2.05) is 0 Å². The van der Waals surface area contributed by atoms with Crippen molar-refractivity contribution in [3.8, 4) is 11.5 Å². The summed E-state index contributed by atoms with van der Waals surface area (Å²) in [4.78, 5) is 36.2. The zero-order valence-electron chi connectivity index (χ0n) is 13.0. The third-order valence-corrected chi connectivity index (χ3v) is 3.10. The van der Waals surface area contributed by atoms with Crippen molar-refractivity contribution in [2.45, 2.75) is 6.54 Å². The van der Waals surface area contributed by atoms with Crippen LogP contribution in [0.5, 0.6) is 11.5 Å². The lowest BCUT2D eigenvalue weighted by Crippen LogP contribution is -2.23. The number of benzene rings is 1. The number of hydrogen-bond acceptors (Lipinski definition) is 5. The van der Waals surface area contributed by atoms with Crippen molar-refractivity contribution in [3.05, 3.63) is 58.0 Å². The van der Waals surface area contributed by atoms with E-state index in [1.165, 1.54) is 25.4 Å². The van der Waals surface area contributed by atoms with Gasteiger partial charge in [-0.25, -0.2) is 0 Å². The number of methoxy groups -OCH3 is 1. The first-order chi connectivity index (χ1) is 11.5. The lowest BCUT2D eigenvalue weighted by Gasteiger charge is -2.11. The number of aromatic amines is 1. The van der Waals surface area contributed by atoms with Gasteiger partial charge in [0, 0.05) is 18.8 Å². The van der Waals surface area contributed by atoms with Gasteiger partial charge >= 0.3 is 0 Å². The summed E-state index contributed by atoms with van der Waals surface area (Å²) in [5.74, 6) is -0.104. The summed E-state index contributed by atoms with van der Waals surface area (Å²) >= 11 is 0. The van der Waals surface area contributed by atoms with Gasteiger partial charge in [0.05, 0.1) is 12.7 Å². The van der Waals surface area contributed by atoms with Crippen molar-refractivity contribution >= 4 is 11.8 Å². The lowest BCUT2D eigenvalue weighted by molar-refractivity contribution is -0.119. The molecule has 2 rings (SSSR count). The molecule has 0 radical (unpaired) electrons. The molecule has 0 aliphatic heterocycles. The fourth-order valence-electron chi connectivity index (χ4n) is 1.93. The number of aromatic nitrogens is 1. The molecule has 2 amide bonds. The van der Waals surface area contributed by atoms with Gasteiger partial charge < -0.3 is 25.5 Å². The highest BCUT2D eigenvalue weighted by molar-refractivity contribution is 5.93. The minimum Gasteiger partial charge on any atom is -0.493 e. The second-order valence-electron chi connectivity index (χ2n) is 4.86. The molecule has 8 nitrogen and oxygen atoms in total. The SMILES string of the molecule is COc1cc(CNC(=O)c2ccc(=O)[nH]c2)ccc1OCC(N)=O. The van der Waals surface area contributed by atoms with E-state index < -0.39 is 5.91 Å². The van der Waals surface area contributed by atoms with Crippen LogP contribution in [0.25, 0.3) is 0 Å². The average Bonchev–Trinajstić information content (AvgIpc) is 2.58. The van der Waals surface area contributed by atoms with E-state index in [0.717, 1.165) is 5.56 Å². The highest BCUT2D eigenvalue weighted by Gasteiger charge is 2.09. The zero-order chi connectivity index (χ0) is 17.5. The minimum atomic E-state index is -0.589. The van der Waals surface area contributed by atoms with Gasteiger partial charge in [0.1, 0.15) is 0 Å². The van der Waals surface area contributed by atoms with Gasteiger partial charge in [-0.2, -0.15) is 0 Å². The second kappa shape index (κ2) is 7.82. The quantitative estimate of drug-likeness (QED) is 0.667. The Hall–Kier alpha value is -3.29. The summed E-state index contributed by atoms with van der Waals surface area (Å²) in [6, 6.07) is 7.76. The summed E-state index contributed by atoms with van der Waals surface area (Å²) in [5, 5.41) is 2.72. The Balaban J connectivity index is 2.01. The molecule has 1 aromatic heterocycles. The number of hydrogen-bond donors (Lipinski definition) is 3. The average molecular weight is 331 g/mol. The Morgan fingerprint density at radius 2 is 2.00 bits per heavy atom. The van der Waals surface area contributed by atoms with Crippen LogP contribution in [0.4, 0.5) is 0 Å². The second-order valence-corrected chi connectivity index (χ2v) is 4.86. The number of amides is 2. The van der Waals surface area contributed by atoms with Gasteiger partial charge in [0.2, 0.25) is 5.56 Å². The molecule has 0 atom stereocenters. The Kier molecular flexibility index (Phi) is 5.56. The normalized spacial score (nSPS) is 10.0. The fourth-order valence-corrected chi connectivity index (χ4v) is 1.93. The predicted molar refractivity (Wildman–Crippen MR) is 85.9 cm³/mol. The minimum absolute atomic E-state index is 0.251. The predicted octanol–water partition coefficient (Wildman–Crippen LogP) is 0.178. The molecule has 0 saturated heterocycles. The molecule has 1 aromatic carbocycles. The van der Waals surface area contributed by atoms with Crippen LogP contribution in [0, 0.1) is 0 Å². The van der Waals surface area contributed by atoms with Crippen LogP contribution in [0.2, 0.25) is 0 Å². The summed E-state index contributed by atoms with van der Waals surface area (Å²) in [7, 11) is 1.47. The zero-order valence-corrected chi connectivity index (χ0v) is 13.0. The van der Waals surface area contributed by atoms with Crippen LogP contribution < -0.4 is 26.1 Å². The number of primary amides is 1. The number of H-pyrrole nitrogens is 1. The van der Waals surface area contributed by atoms with Gasteiger partial charge in [-0.15, -0.1) is 0 Å². The number of ether oxygens (including phenoxy) is 2. The van der Waals surface area contributed by atoms with E-state index in [1.54, 1.807) is 18.2 Å². The number of carbonyl (C=O) groups excluding carboxylic acids is 2. The molecule has 0 aliphatic rings. The van der Waals surface area contributed by atoms with Crippen molar-refractivity contribution in [2.75, 3.05) is 13.7 Å². The maximum absolute atomic E-state index is 12.0. The number of nitrogens with two attached hydrogens (primary N) is 1. The van der Waals surface area contributed by atoms with E-state index in [9.17, 15) is 14.4 Å². The van der Waals surface area contributed by atoms with Crippen LogP contribution in [0.1, 0.15) is 15.9 Å². The monoisotopic (exact) mass is 331 g/mol. The molecule has 2 aromatic rings. The van der Waals surface area contributed by atoms with E-state index in [0.29, 0.717) is 17.1 Å². The Labute approximate surface area is 137 Å². The van der Waals surface area contributed by atoms with Gasteiger partial charge in [-0.05, 0) is 23.8 Å². The van der Waals surface area contributed by atoms with Gasteiger partial charge in [-0.1, -0.05) is 6.07 Å². The molecular weight excluding hydrogens is 314 g/mol. The molecule has 24 heavy (non-hydrogen) atoms. The van der Waals surface area contributed by atoms with Crippen molar-refractivity contribution in [1.29, 1.82) is 0 Å². The third-order valence-electron chi connectivity index (χ3n) is 3.10. The molecule has 0 spiro atoms. The largest absolute Gasteiger partial charge is 0.493 e. The summed E-state index contributed by atoms with van der Waals surface area (Å²) < 4.78 is 10.4. The molecule has 0 unspecified atom stereocenters. The maximum Gasteiger partial charge on any atom is 0.255 e. The summed E-state index contributed by atoms with van der Waals surface area (Å²) in [6.45, 7) is 0.00305. The molecule has 126 valence electrons. The first-order valence-corrected chi connectivity index (χ1v) is 7.04.